The van der Waals surface area contributed by atoms with Gasteiger partial charge in [0, 0.05) is 5.69 Å². The molecular formula is C17H13FN2O2. The summed E-state index contributed by atoms with van der Waals surface area (Å²) in [7, 11) is 0. The molecule has 1 aromatic heterocycles. The Balaban J connectivity index is 1.77. The van der Waals surface area contributed by atoms with Crippen LogP contribution in [0.4, 0.5) is 4.39 Å². The highest BCUT2D eigenvalue weighted by Gasteiger charge is 2.06. The van der Waals surface area contributed by atoms with Gasteiger partial charge in [0.1, 0.15) is 23.0 Å². The number of amides is 1. The van der Waals surface area contributed by atoms with Crippen molar-refractivity contribution in [2.75, 3.05) is 0 Å². The van der Waals surface area contributed by atoms with Gasteiger partial charge in [-0.2, -0.15) is 0 Å². The molecule has 4 nitrogen and oxygen atoms in total. The third-order valence-corrected chi connectivity index (χ3v) is 3.17. The highest BCUT2D eigenvalue weighted by Crippen LogP contribution is 2.25. The molecule has 3 aromatic rings. The molecule has 22 heavy (non-hydrogen) atoms. The molecule has 0 saturated carbocycles. The third-order valence-electron chi connectivity index (χ3n) is 3.17. The van der Waals surface area contributed by atoms with Gasteiger partial charge in [-0.05, 0) is 66.2 Å². The Morgan fingerprint density at radius 2 is 1.50 bits per heavy atom. The van der Waals surface area contributed by atoms with E-state index in [1.165, 1.54) is 12.1 Å². The lowest BCUT2D eigenvalue weighted by Gasteiger charge is -2.06. The first-order valence-corrected chi connectivity index (χ1v) is 6.64. The van der Waals surface area contributed by atoms with E-state index >= 15 is 0 Å². The Bertz CT molecular complexity index is 792. The number of aromatic nitrogens is 1. The SMILES string of the molecule is NC(=O)c1ccc(-c2ccc(Oc3ccc(F)cc3)cc2)[nH]1. The second kappa shape index (κ2) is 5.73. The summed E-state index contributed by atoms with van der Waals surface area (Å²) in [6.07, 6.45) is 0. The first-order chi connectivity index (χ1) is 10.6. The largest absolute Gasteiger partial charge is 0.457 e. The van der Waals surface area contributed by atoms with E-state index in [2.05, 4.69) is 4.98 Å². The highest BCUT2D eigenvalue weighted by atomic mass is 19.1. The molecule has 0 saturated heterocycles. The molecule has 110 valence electrons. The molecule has 0 aliphatic rings. The van der Waals surface area contributed by atoms with Gasteiger partial charge in [-0.1, -0.05) is 0 Å². The second-order valence-corrected chi connectivity index (χ2v) is 4.73. The Hall–Kier alpha value is -3.08. The van der Waals surface area contributed by atoms with E-state index in [1.807, 2.05) is 12.1 Å². The zero-order chi connectivity index (χ0) is 15.5. The fourth-order valence-corrected chi connectivity index (χ4v) is 2.05. The van der Waals surface area contributed by atoms with Crippen molar-refractivity contribution in [1.82, 2.24) is 4.98 Å². The predicted octanol–water partition coefficient (Wildman–Crippen LogP) is 3.71. The average molecular weight is 296 g/mol. The summed E-state index contributed by atoms with van der Waals surface area (Å²) < 4.78 is 18.4. The maximum atomic E-state index is 12.8. The molecule has 0 atom stereocenters. The van der Waals surface area contributed by atoms with Crippen LogP contribution in [0.2, 0.25) is 0 Å². The normalized spacial score (nSPS) is 10.4. The number of carbonyl (C=O) groups is 1. The minimum Gasteiger partial charge on any atom is -0.457 e. The van der Waals surface area contributed by atoms with Crippen LogP contribution in [0.3, 0.4) is 0 Å². The number of hydrogen-bond acceptors (Lipinski definition) is 2. The minimum absolute atomic E-state index is 0.306. The summed E-state index contributed by atoms with van der Waals surface area (Å²) >= 11 is 0. The summed E-state index contributed by atoms with van der Waals surface area (Å²) in [5, 5.41) is 0. The van der Waals surface area contributed by atoms with Crippen molar-refractivity contribution >= 4 is 5.91 Å². The summed E-state index contributed by atoms with van der Waals surface area (Å²) in [5.41, 5.74) is 7.27. The Morgan fingerprint density at radius 3 is 2.05 bits per heavy atom. The number of halogens is 1. The number of primary amides is 1. The van der Waals surface area contributed by atoms with Gasteiger partial charge in [0.05, 0.1) is 0 Å². The standard InChI is InChI=1S/C17H13FN2O2/c18-12-3-7-14(8-4-12)22-13-5-1-11(2-6-13)15-9-10-16(20-15)17(19)21/h1-10,20H,(H2,19,21). The molecule has 0 unspecified atom stereocenters. The Morgan fingerprint density at radius 1 is 0.909 bits per heavy atom. The van der Waals surface area contributed by atoms with Gasteiger partial charge in [-0.15, -0.1) is 0 Å². The van der Waals surface area contributed by atoms with Crippen molar-refractivity contribution in [3.63, 3.8) is 0 Å². The summed E-state index contributed by atoms with van der Waals surface area (Å²) in [5.74, 6) is 0.393. The highest BCUT2D eigenvalue weighted by molar-refractivity contribution is 5.91. The van der Waals surface area contributed by atoms with E-state index in [9.17, 15) is 9.18 Å². The molecule has 1 amide bonds. The van der Waals surface area contributed by atoms with Gasteiger partial charge >= 0.3 is 0 Å². The number of rotatable bonds is 4. The van der Waals surface area contributed by atoms with Crippen molar-refractivity contribution in [3.8, 4) is 22.8 Å². The molecular weight excluding hydrogens is 283 g/mol. The first kappa shape index (κ1) is 13.9. The molecule has 0 fully saturated rings. The van der Waals surface area contributed by atoms with Crippen molar-refractivity contribution in [2.45, 2.75) is 0 Å². The lowest BCUT2D eigenvalue weighted by molar-refractivity contribution is 0.0996. The summed E-state index contributed by atoms with van der Waals surface area (Å²) in [6, 6.07) is 16.5. The fraction of sp³-hybridized carbons (Fsp3) is 0. The quantitative estimate of drug-likeness (QED) is 0.770. The molecule has 0 bridgehead atoms. The maximum absolute atomic E-state index is 12.8. The van der Waals surface area contributed by atoms with E-state index in [-0.39, 0.29) is 5.82 Å². The number of hydrogen-bond donors (Lipinski definition) is 2. The van der Waals surface area contributed by atoms with Crippen LogP contribution in [0, 0.1) is 5.82 Å². The van der Waals surface area contributed by atoms with Gasteiger partial charge in [0.25, 0.3) is 5.91 Å². The lowest BCUT2D eigenvalue weighted by Crippen LogP contribution is -2.10. The Labute approximate surface area is 126 Å². The van der Waals surface area contributed by atoms with E-state index < -0.39 is 5.91 Å². The van der Waals surface area contributed by atoms with Gasteiger partial charge in [0.15, 0.2) is 0 Å². The van der Waals surface area contributed by atoms with Crippen LogP contribution in [0.25, 0.3) is 11.3 Å². The van der Waals surface area contributed by atoms with Gasteiger partial charge in [0.2, 0.25) is 0 Å². The van der Waals surface area contributed by atoms with E-state index in [0.29, 0.717) is 17.2 Å². The predicted molar refractivity (Wildman–Crippen MR) is 81.2 cm³/mol. The van der Waals surface area contributed by atoms with Crippen LogP contribution in [-0.4, -0.2) is 10.9 Å². The Kier molecular flexibility index (Phi) is 3.62. The zero-order valence-corrected chi connectivity index (χ0v) is 11.5. The van der Waals surface area contributed by atoms with Crippen molar-refractivity contribution < 1.29 is 13.9 Å². The van der Waals surface area contributed by atoms with Crippen molar-refractivity contribution in [2.24, 2.45) is 5.73 Å². The smallest absolute Gasteiger partial charge is 0.265 e. The van der Waals surface area contributed by atoms with E-state index in [1.54, 1.807) is 36.4 Å². The number of nitrogens with one attached hydrogen (secondary N) is 1. The maximum Gasteiger partial charge on any atom is 0.265 e. The second-order valence-electron chi connectivity index (χ2n) is 4.73. The van der Waals surface area contributed by atoms with Crippen LogP contribution < -0.4 is 10.5 Å². The molecule has 0 aliphatic carbocycles. The molecule has 5 heteroatoms. The van der Waals surface area contributed by atoms with Crippen molar-refractivity contribution in [3.05, 3.63) is 72.2 Å². The van der Waals surface area contributed by atoms with Gasteiger partial charge in [-0.3, -0.25) is 4.79 Å². The molecule has 0 spiro atoms. The number of carbonyl (C=O) groups excluding carboxylic acids is 1. The van der Waals surface area contributed by atoms with Crippen LogP contribution in [0.15, 0.2) is 60.7 Å². The van der Waals surface area contributed by atoms with Gasteiger partial charge in [-0.25, -0.2) is 4.39 Å². The summed E-state index contributed by atoms with van der Waals surface area (Å²) in [4.78, 5) is 14.0. The third kappa shape index (κ3) is 2.98. The number of ether oxygens (including phenoxy) is 1. The van der Waals surface area contributed by atoms with E-state index in [4.69, 9.17) is 10.5 Å². The molecule has 0 radical (unpaired) electrons. The number of H-pyrrole nitrogens is 1. The molecule has 1 heterocycles. The number of benzene rings is 2. The summed E-state index contributed by atoms with van der Waals surface area (Å²) in [6.45, 7) is 0. The molecule has 2 aromatic carbocycles. The molecule has 0 aliphatic heterocycles. The molecule has 3 rings (SSSR count). The minimum atomic E-state index is -0.498. The average Bonchev–Trinajstić information content (AvgIpc) is 3.00. The van der Waals surface area contributed by atoms with Gasteiger partial charge < -0.3 is 15.5 Å². The van der Waals surface area contributed by atoms with Crippen molar-refractivity contribution in [1.29, 1.82) is 0 Å². The first-order valence-electron chi connectivity index (χ1n) is 6.64. The van der Waals surface area contributed by atoms with E-state index in [0.717, 1.165) is 11.3 Å². The monoisotopic (exact) mass is 296 g/mol. The van der Waals surface area contributed by atoms with Crippen LogP contribution in [-0.2, 0) is 0 Å². The number of aromatic amines is 1. The van der Waals surface area contributed by atoms with Crippen LogP contribution in [0.1, 0.15) is 10.5 Å². The fourth-order valence-electron chi connectivity index (χ4n) is 2.05. The van der Waals surface area contributed by atoms with Crippen LogP contribution >= 0.6 is 0 Å². The zero-order valence-electron chi connectivity index (χ0n) is 11.5. The molecule has 3 N–H and O–H groups in total. The lowest BCUT2D eigenvalue weighted by atomic mass is 10.1. The van der Waals surface area contributed by atoms with Crippen LogP contribution in [0.5, 0.6) is 11.5 Å². The topological polar surface area (TPSA) is 68.1 Å². The number of nitrogens with two attached hydrogens (primary N) is 1.